The molecule has 3 nitrogen and oxygen atoms in total. The van der Waals surface area contributed by atoms with Crippen LogP contribution in [0.2, 0.25) is 0 Å². The number of aryl methyl sites for hydroxylation is 2. The van der Waals surface area contributed by atoms with Crippen molar-refractivity contribution in [3.63, 3.8) is 0 Å². The van der Waals surface area contributed by atoms with E-state index in [4.69, 9.17) is 12.2 Å². The van der Waals surface area contributed by atoms with E-state index in [0.717, 1.165) is 22.3 Å². The number of hydrogen-bond acceptors (Lipinski definition) is 4. The Morgan fingerprint density at radius 3 is 2.74 bits per heavy atom. The van der Waals surface area contributed by atoms with Gasteiger partial charge in [-0.25, -0.2) is 0 Å². The minimum Gasteiger partial charge on any atom is -0.323 e. The lowest BCUT2D eigenvalue weighted by Crippen LogP contribution is -2.27. The van der Waals surface area contributed by atoms with E-state index in [0.29, 0.717) is 4.77 Å². The van der Waals surface area contributed by atoms with Crippen LogP contribution in [-0.4, -0.2) is 20.6 Å². The average Bonchev–Trinajstić information content (AvgIpc) is 3.08. The minimum absolute atomic E-state index is 0.0703. The van der Waals surface area contributed by atoms with Crippen molar-refractivity contribution in [2.24, 2.45) is 0 Å². The second-order valence-corrected chi connectivity index (χ2v) is 8.08. The molecule has 2 heterocycles. The summed E-state index contributed by atoms with van der Waals surface area (Å²) >= 11 is 8.83. The molecule has 0 spiro atoms. The van der Waals surface area contributed by atoms with Gasteiger partial charge >= 0.3 is 0 Å². The third kappa shape index (κ3) is 2.10. The lowest BCUT2D eigenvalue weighted by atomic mass is 10.2. The van der Waals surface area contributed by atoms with Crippen molar-refractivity contribution in [3.8, 4) is 0 Å². The zero-order chi connectivity index (χ0) is 13.8. The molecular formula is C13H16N2OS3. The van der Waals surface area contributed by atoms with Gasteiger partial charge in [-0.1, -0.05) is 0 Å². The molecule has 1 fully saturated rings. The van der Waals surface area contributed by atoms with Crippen LogP contribution in [0.4, 0.5) is 0 Å². The van der Waals surface area contributed by atoms with E-state index in [-0.39, 0.29) is 10.3 Å². The molecule has 102 valence electrons. The molecule has 0 aromatic carbocycles. The van der Waals surface area contributed by atoms with E-state index in [1.165, 1.54) is 17.7 Å². The molecule has 0 amide bonds. The van der Waals surface area contributed by atoms with Crippen LogP contribution in [0.3, 0.4) is 0 Å². The highest BCUT2D eigenvalue weighted by Gasteiger charge is 2.42. The summed E-state index contributed by atoms with van der Waals surface area (Å²) in [7, 11) is 0. The summed E-state index contributed by atoms with van der Waals surface area (Å²) in [6, 6.07) is 0. The maximum absolute atomic E-state index is 12.7. The van der Waals surface area contributed by atoms with Crippen molar-refractivity contribution in [2.75, 3.05) is 6.26 Å². The maximum atomic E-state index is 12.7. The highest BCUT2D eigenvalue weighted by molar-refractivity contribution is 8.00. The highest BCUT2D eigenvalue weighted by Crippen LogP contribution is 2.48. The van der Waals surface area contributed by atoms with Crippen molar-refractivity contribution >= 4 is 45.5 Å². The Bertz CT molecular complexity index is 765. The quantitative estimate of drug-likeness (QED) is 0.879. The van der Waals surface area contributed by atoms with Crippen LogP contribution in [0.1, 0.15) is 23.3 Å². The zero-order valence-corrected chi connectivity index (χ0v) is 13.7. The average molecular weight is 312 g/mol. The van der Waals surface area contributed by atoms with Gasteiger partial charge in [-0.15, -0.1) is 11.3 Å². The van der Waals surface area contributed by atoms with Crippen molar-refractivity contribution in [3.05, 3.63) is 25.6 Å². The number of rotatable bonds is 3. The third-order valence-electron chi connectivity index (χ3n) is 4.00. The lowest BCUT2D eigenvalue weighted by molar-refractivity contribution is 0.623. The molecule has 1 N–H and O–H groups in total. The fourth-order valence-electron chi connectivity index (χ4n) is 2.36. The second-order valence-electron chi connectivity index (χ2n) is 5.20. The summed E-state index contributed by atoms with van der Waals surface area (Å²) in [6.45, 7) is 4.79. The number of nitrogens with one attached hydrogen (secondary N) is 1. The first-order chi connectivity index (χ1) is 8.97. The van der Waals surface area contributed by atoms with Crippen molar-refractivity contribution in [1.29, 1.82) is 0 Å². The van der Waals surface area contributed by atoms with Crippen LogP contribution in [0, 0.1) is 18.6 Å². The van der Waals surface area contributed by atoms with Gasteiger partial charge in [0.25, 0.3) is 5.56 Å². The van der Waals surface area contributed by atoms with Crippen molar-refractivity contribution in [1.82, 2.24) is 9.55 Å². The highest BCUT2D eigenvalue weighted by atomic mass is 32.2. The molecule has 1 aliphatic rings. The number of nitrogens with zero attached hydrogens (tertiary/aromatic N) is 1. The largest absolute Gasteiger partial charge is 0.323 e. The first kappa shape index (κ1) is 13.4. The van der Waals surface area contributed by atoms with Gasteiger partial charge in [-0.3, -0.25) is 9.36 Å². The Hall–Kier alpha value is -0.590. The van der Waals surface area contributed by atoms with Crippen LogP contribution in [0.25, 0.3) is 10.2 Å². The number of thioether (sulfide) groups is 1. The molecule has 2 aromatic rings. The second kappa shape index (κ2) is 4.46. The van der Waals surface area contributed by atoms with Gasteiger partial charge < -0.3 is 4.98 Å². The van der Waals surface area contributed by atoms with Crippen LogP contribution in [-0.2, 0) is 6.54 Å². The minimum atomic E-state index is 0.0703. The summed E-state index contributed by atoms with van der Waals surface area (Å²) < 4.78 is 2.54. The van der Waals surface area contributed by atoms with E-state index >= 15 is 0 Å². The third-order valence-corrected chi connectivity index (χ3v) is 6.85. The number of hydrogen-bond donors (Lipinski definition) is 1. The molecule has 0 atom stereocenters. The summed E-state index contributed by atoms with van der Waals surface area (Å²) in [5.74, 6) is 0. The fraction of sp³-hybridized carbons (Fsp3) is 0.538. The SMILES string of the molecule is CSC1(Cn2c(=S)[nH]c3sc(C)c(C)c3c2=O)CC1. The molecular weight excluding hydrogens is 296 g/mol. The molecule has 0 radical (unpaired) electrons. The van der Waals surface area contributed by atoms with Gasteiger partial charge in [0, 0.05) is 16.2 Å². The van der Waals surface area contributed by atoms with Gasteiger partial charge in [0.2, 0.25) is 0 Å². The van der Waals surface area contributed by atoms with E-state index < -0.39 is 0 Å². The van der Waals surface area contributed by atoms with Crippen molar-refractivity contribution < 1.29 is 0 Å². The van der Waals surface area contributed by atoms with Crippen LogP contribution in [0.5, 0.6) is 0 Å². The van der Waals surface area contributed by atoms with Gasteiger partial charge in [0.15, 0.2) is 4.77 Å². The van der Waals surface area contributed by atoms with Gasteiger partial charge in [0.1, 0.15) is 4.83 Å². The van der Waals surface area contributed by atoms with Crippen LogP contribution < -0.4 is 5.56 Å². The number of thiophene rings is 1. The Kier molecular flexibility index (Phi) is 3.15. The fourth-order valence-corrected chi connectivity index (χ4v) is 4.50. The van der Waals surface area contributed by atoms with E-state index in [2.05, 4.69) is 11.2 Å². The summed E-state index contributed by atoms with van der Waals surface area (Å²) in [6.07, 6.45) is 4.47. The zero-order valence-electron chi connectivity index (χ0n) is 11.2. The molecule has 1 saturated carbocycles. The van der Waals surface area contributed by atoms with E-state index in [9.17, 15) is 4.79 Å². The summed E-state index contributed by atoms with van der Waals surface area (Å²) in [5.41, 5.74) is 1.15. The molecule has 6 heteroatoms. The topological polar surface area (TPSA) is 37.8 Å². The summed E-state index contributed by atoms with van der Waals surface area (Å²) in [4.78, 5) is 18.0. The molecule has 0 saturated heterocycles. The monoisotopic (exact) mass is 312 g/mol. The molecule has 19 heavy (non-hydrogen) atoms. The normalized spacial score (nSPS) is 17.0. The molecule has 0 unspecified atom stereocenters. The standard InChI is InChI=1S/C13H16N2OS3/c1-7-8(2)19-10-9(7)11(16)15(12(17)14-10)6-13(18-3)4-5-13/h4-6H2,1-3H3,(H,14,17). The lowest BCUT2D eigenvalue weighted by Gasteiger charge is -2.14. The van der Waals surface area contributed by atoms with Crippen LogP contribution >= 0.6 is 35.3 Å². The molecule has 0 aliphatic heterocycles. The first-order valence-electron chi connectivity index (χ1n) is 6.25. The maximum Gasteiger partial charge on any atom is 0.263 e. The van der Waals surface area contributed by atoms with Crippen molar-refractivity contribution in [2.45, 2.75) is 38.0 Å². The first-order valence-corrected chi connectivity index (χ1v) is 8.70. The van der Waals surface area contributed by atoms with Gasteiger partial charge in [-0.05, 0) is 50.7 Å². The number of aromatic amines is 1. The Morgan fingerprint density at radius 1 is 1.47 bits per heavy atom. The van der Waals surface area contributed by atoms with E-state index in [1.54, 1.807) is 15.9 Å². The Balaban J connectivity index is 2.22. The Morgan fingerprint density at radius 2 is 2.16 bits per heavy atom. The molecule has 0 bridgehead atoms. The number of aromatic nitrogens is 2. The number of fused-ring (bicyclic) bond motifs is 1. The Labute approximate surface area is 125 Å². The summed E-state index contributed by atoms with van der Waals surface area (Å²) in [5, 5.41) is 0.813. The smallest absolute Gasteiger partial charge is 0.263 e. The van der Waals surface area contributed by atoms with Gasteiger partial charge in [0.05, 0.1) is 5.39 Å². The van der Waals surface area contributed by atoms with Gasteiger partial charge in [-0.2, -0.15) is 11.8 Å². The number of H-pyrrole nitrogens is 1. The van der Waals surface area contributed by atoms with E-state index in [1.807, 2.05) is 25.6 Å². The molecule has 3 rings (SSSR count). The van der Waals surface area contributed by atoms with Crippen LogP contribution in [0.15, 0.2) is 4.79 Å². The molecule has 2 aromatic heterocycles. The molecule has 1 aliphatic carbocycles. The predicted molar refractivity (Wildman–Crippen MR) is 86.2 cm³/mol. The predicted octanol–water partition coefficient (Wildman–Crippen LogP) is 3.63.